The maximum Gasteiger partial charge on any atom is 0.317 e. The molecule has 0 radical (unpaired) electrons. The molecule has 0 aliphatic heterocycles. The normalized spacial score (nSPS) is 12.3. The topological polar surface area (TPSA) is 106 Å². The lowest BCUT2D eigenvalue weighted by Crippen LogP contribution is -2.35. The Morgan fingerprint density at radius 2 is 2.50 bits per heavy atom. The average molecular weight is 264 g/mol. The molecule has 1 atom stereocenters. The lowest BCUT2D eigenvalue weighted by Gasteiger charge is -2.23. The Morgan fingerprint density at radius 1 is 1.75 bits per heavy atom. The Bertz CT molecular complexity index is 357. The lowest BCUT2D eigenvalue weighted by atomic mass is 10.5. The Kier molecular flexibility index (Phi) is 5.32. The van der Waals surface area contributed by atoms with Crippen LogP contribution in [0.4, 0.5) is 5.13 Å². The minimum Gasteiger partial charge on any atom is -0.755 e. The van der Waals surface area contributed by atoms with Crippen molar-refractivity contribution in [1.82, 2.24) is 10.3 Å². The number of rotatable bonds is 7. The Labute approximate surface area is 98.5 Å². The summed E-state index contributed by atoms with van der Waals surface area (Å²) in [6, 6.07) is 0. The van der Waals surface area contributed by atoms with Crippen LogP contribution < -0.4 is 9.62 Å². The second-order valence-electron chi connectivity index (χ2n) is 2.70. The smallest absolute Gasteiger partial charge is 0.317 e. The van der Waals surface area contributed by atoms with Crippen LogP contribution in [-0.2, 0) is 16.1 Å². The molecule has 0 aromatic carbocycles. The number of thiazole rings is 1. The third-order valence-corrected chi connectivity index (χ3v) is 3.21. The van der Waals surface area contributed by atoms with Crippen LogP contribution in [-0.4, -0.2) is 44.5 Å². The molecule has 1 aromatic rings. The van der Waals surface area contributed by atoms with Crippen molar-refractivity contribution >= 4 is 33.7 Å². The highest BCUT2D eigenvalue weighted by Gasteiger charge is 2.09. The first-order valence-corrected chi connectivity index (χ1v) is 6.21. The van der Waals surface area contributed by atoms with Gasteiger partial charge in [-0.25, -0.2) is 4.98 Å². The third kappa shape index (κ3) is 4.23. The number of nitrogens with zero attached hydrogens (tertiary/aromatic N) is 2. The molecule has 90 valence electrons. The number of hydrogen-bond donors (Lipinski definition) is 2. The number of aromatic nitrogens is 1. The largest absolute Gasteiger partial charge is 0.755 e. The standard InChI is InChI=1S/C7H11N3O4S2/c11-6(12)5-8-1-3-10(16(13)14)7-9-2-4-15-7/h2,4,8H,1,3,5H2,(H,11,12)(H,13,14)/p-1. The summed E-state index contributed by atoms with van der Waals surface area (Å²) in [4.78, 5) is 14.1. The minimum atomic E-state index is -2.40. The molecule has 9 heteroatoms. The van der Waals surface area contributed by atoms with E-state index in [1.54, 1.807) is 5.38 Å². The van der Waals surface area contributed by atoms with Crippen molar-refractivity contribution in [3.8, 4) is 0 Å². The van der Waals surface area contributed by atoms with Gasteiger partial charge >= 0.3 is 5.97 Å². The fourth-order valence-electron chi connectivity index (χ4n) is 0.949. The van der Waals surface area contributed by atoms with E-state index in [9.17, 15) is 13.6 Å². The third-order valence-electron chi connectivity index (χ3n) is 1.58. The van der Waals surface area contributed by atoms with Crippen molar-refractivity contribution in [1.29, 1.82) is 0 Å². The summed E-state index contributed by atoms with van der Waals surface area (Å²) in [5.41, 5.74) is 0. The quantitative estimate of drug-likeness (QED) is 0.504. The molecule has 0 saturated carbocycles. The van der Waals surface area contributed by atoms with Crippen LogP contribution in [0.3, 0.4) is 0 Å². The fraction of sp³-hybridized carbons (Fsp3) is 0.429. The molecule has 0 saturated heterocycles. The second-order valence-corrected chi connectivity index (χ2v) is 4.45. The van der Waals surface area contributed by atoms with E-state index in [4.69, 9.17) is 5.11 Å². The van der Waals surface area contributed by atoms with Crippen LogP contribution in [0.2, 0.25) is 0 Å². The number of carbonyl (C=O) groups is 1. The zero-order valence-corrected chi connectivity index (χ0v) is 9.79. The van der Waals surface area contributed by atoms with E-state index < -0.39 is 17.2 Å². The molecule has 0 aliphatic rings. The summed E-state index contributed by atoms with van der Waals surface area (Å²) in [5, 5.41) is 13.0. The summed E-state index contributed by atoms with van der Waals surface area (Å²) >= 11 is -1.20. The summed E-state index contributed by atoms with van der Waals surface area (Å²) < 4.78 is 22.8. The van der Waals surface area contributed by atoms with E-state index in [1.165, 1.54) is 17.5 Å². The van der Waals surface area contributed by atoms with Gasteiger partial charge in [-0.05, 0) is 0 Å². The van der Waals surface area contributed by atoms with Gasteiger partial charge in [-0.3, -0.25) is 13.3 Å². The van der Waals surface area contributed by atoms with Gasteiger partial charge in [0.05, 0.1) is 6.54 Å². The molecule has 1 rings (SSSR count). The summed E-state index contributed by atoms with van der Waals surface area (Å²) in [6.07, 6.45) is 1.50. The van der Waals surface area contributed by atoms with Crippen molar-refractivity contribution < 1.29 is 18.7 Å². The predicted molar refractivity (Wildman–Crippen MR) is 58.9 cm³/mol. The van der Waals surface area contributed by atoms with Crippen molar-refractivity contribution in [2.75, 3.05) is 23.9 Å². The van der Waals surface area contributed by atoms with Crippen molar-refractivity contribution in [2.24, 2.45) is 0 Å². The molecule has 2 N–H and O–H groups in total. The van der Waals surface area contributed by atoms with Gasteiger partial charge < -0.3 is 15.0 Å². The van der Waals surface area contributed by atoms with Gasteiger partial charge in [-0.2, -0.15) is 0 Å². The number of anilines is 1. The molecular weight excluding hydrogens is 254 g/mol. The van der Waals surface area contributed by atoms with Gasteiger partial charge in [-0.15, -0.1) is 11.3 Å². The molecule has 7 nitrogen and oxygen atoms in total. The monoisotopic (exact) mass is 264 g/mol. The molecule has 0 amide bonds. The lowest BCUT2D eigenvalue weighted by molar-refractivity contribution is -0.135. The zero-order chi connectivity index (χ0) is 12.0. The van der Waals surface area contributed by atoms with Crippen molar-refractivity contribution in [3.63, 3.8) is 0 Å². The first kappa shape index (κ1) is 13.0. The van der Waals surface area contributed by atoms with E-state index >= 15 is 0 Å². The number of aliphatic carboxylic acids is 1. The SMILES string of the molecule is O=C(O)CNCCN(c1nccs1)S(=O)[O-]. The van der Waals surface area contributed by atoms with Crippen LogP contribution in [0.25, 0.3) is 0 Å². The fourth-order valence-corrected chi connectivity index (χ4v) is 2.25. The Hall–Kier alpha value is -1.03. The molecule has 1 heterocycles. The summed E-state index contributed by atoms with van der Waals surface area (Å²) in [5.74, 6) is -0.982. The van der Waals surface area contributed by atoms with Gasteiger partial charge in [0.1, 0.15) is 0 Å². The van der Waals surface area contributed by atoms with E-state index in [-0.39, 0.29) is 19.6 Å². The molecule has 1 unspecified atom stereocenters. The van der Waals surface area contributed by atoms with Crippen molar-refractivity contribution in [2.45, 2.75) is 0 Å². The van der Waals surface area contributed by atoms with Gasteiger partial charge in [-0.1, -0.05) is 0 Å². The van der Waals surface area contributed by atoms with Gasteiger partial charge in [0, 0.05) is 35.9 Å². The van der Waals surface area contributed by atoms with Crippen LogP contribution >= 0.6 is 11.3 Å². The second kappa shape index (κ2) is 6.53. The Morgan fingerprint density at radius 3 is 3.00 bits per heavy atom. The number of hydrogen-bond acceptors (Lipinski definition) is 6. The van der Waals surface area contributed by atoms with Crippen LogP contribution in [0.15, 0.2) is 11.6 Å². The highest BCUT2D eigenvalue weighted by atomic mass is 32.2. The predicted octanol–water partition coefficient (Wildman–Crippen LogP) is -0.582. The number of nitrogens with one attached hydrogen (secondary N) is 1. The van der Waals surface area contributed by atoms with Crippen LogP contribution in [0.1, 0.15) is 0 Å². The summed E-state index contributed by atoms with van der Waals surface area (Å²) in [7, 11) is 0. The Balaban J connectivity index is 2.41. The maximum atomic E-state index is 10.9. The highest BCUT2D eigenvalue weighted by Crippen LogP contribution is 2.17. The van der Waals surface area contributed by atoms with E-state index in [0.717, 1.165) is 4.31 Å². The molecule has 16 heavy (non-hydrogen) atoms. The maximum absolute atomic E-state index is 10.9. The first-order chi connectivity index (χ1) is 7.61. The minimum absolute atomic E-state index is 0.150. The first-order valence-electron chi connectivity index (χ1n) is 4.30. The van der Waals surface area contributed by atoms with Crippen LogP contribution in [0.5, 0.6) is 0 Å². The van der Waals surface area contributed by atoms with Crippen molar-refractivity contribution in [3.05, 3.63) is 11.6 Å². The molecule has 0 spiro atoms. The zero-order valence-electron chi connectivity index (χ0n) is 8.16. The molecular formula is C7H10N3O4S2-. The van der Waals surface area contributed by atoms with Crippen LogP contribution in [0, 0.1) is 0 Å². The van der Waals surface area contributed by atoms with E-state index in [0.29, 0.717) is 5.13 Å². The van der Waals surface area contributed by atoms with Gasteiger partial charge in [0.25, 0.3) is 0 Å². The molecule has 0 fully saturated rings. The van der Waals surface area contributed by atoms with Gasteiger partial charge in [0.15, 0.2) is 5.13 Å². The molecule has 0 aliphatic carbocycles. The van der Waals surface area contributed by atoms with E-state index in [1.807, 2.05) is 0 Å². The number of carboxylic acid groups (broad SMARTS) is 1. The number of carboxylic acids is 1. The van der Waals surface area contributed by atoms with E-state index in [2.05, 4.69) is 10.3 Å². The average Bonchev–Trinajstić information content (AvgIpc) is 2.69. The summed E-state index contributed by atoms with van der Waals surface area (Å²) in [6.45, 7) is 0.202. The highest BCUT2D eigenvalue weighted by molar-refractivity contribution is 7.80. The van der Waals surface area contributed by atoms with Gasteiger partial charge in [0.2, 0.25) is 0 Å². The molecule has 0 bridgehead atoms. The molecule has 1 aromatic heterocycles.